The van der Waals surface area contributed by atoms with Crippen LogP contribution in [0.15, 0.2) is 60.9 Å². The minimum Gasteiger partial charge on any atom is -0.495 e. The first-order valence-electron chi connectivity index (χ1n) is 9.70. The summed E-state index contributed by atoms with van der Waals surface area (Å²) in [4.78, 5) is 17.8. The molecule has 1 N–H and O–H groups in total. The van der Waals surface area contributed by atoms with Gasteiger partial charge in [0, 0.05) is 18.0 Å². The number of ether oxygens (including phenoxy) is 3. The van der Waals surface area contributed by atoms with Crippen LogP contribution >= 0.6 is 0 Å². The van der Waals surface area contributed by atoms with Crippen molar-refractivity contribution < 1.29 is 19.0 Å². The highest BCUT2D eigenvalue weighted by Gasteiger charge is 2.18. The lowest BCUT2D eigenvalue weighted by Crippen LogP contribution is -2.14. The fourth-order valence-electron chi connectivity index (χ4n) is 3.51. The number of aryl methyl sites for hydroxylation is 1. The van der Waals surface area contributed by atoms with Crippen molar-refractivity contribution in [3.05, 3.63) is 72.1 Å². The van der Waals surface area contributed by atoms with Gasteiger partial charge < -0.3 is 23.9 Å². The van der Waals surface area contributed by atoms with Gasteiger partial charge in [-0.1, -0.05) is 12.1 Å². The van der Waals surface area contributed by atoms with Crippen molar-refractivity contribution in [3.63, 3.8) is 0 Å². The maximum atomic E-state index is 13.0. The average molecular weight is 417 g/mol. The summed E-state index contributed by atoms with van der Waals surface area (Å²) >= 11 is 0. The van der Waals surface area contributed by atoms with Crippen LogP contribution in [0.1, 0.15) is 15.9 Å². The number of rotatable bonds is 6. The Hall–Kier alpha value is -4.00. The Labute approximate surface area is 180 Å². The number of pyridine rings is 1. The van der Waals surface area contributed by atoms with Crippen molar-refractivity contribution in [2.75, 3.05) is 26.6 Å². The average Bonchev–Trinajstić information content (AvgIpc) is 3.24. The van der Waals surface area contributed by atoms with Gasteiger partial charge in [-0.2, -0.15) is 0 Å². The summed E-state index contributed by atoms with van der Waals surface area (Å²) in [6.45, 7) is 2.02. The SMILES string of the molecule is COc1ccc(-c2cn3cccc(C)c3n2)cc1NC(=O)c1cccc(OC)c1OC. The predicted molar refractivity (Wildman–Crippen MR) is 119 cm³/mol. The number of para-hydroxylation sites is 1. The molecule has 2 heterocycles. The van der Waals surface area contributed by atoms with E-state index in [0.717, 1.165) is 22.5 Å². The third-order valence-electron chi connectivity index (χ3n) is 5.07. The second-order valence-corrected chi connectivity index (χ2v) is 6.96. The molecule has 1 amide bonds. The van der Waals surface area contributed by atoms with E-state index in [1.54, 1.807) is 25.3 Å². The van der Waals surface area contributed by atoms with Crippen LogP contribution in [0.5, 0.6) is 17.2 Å². The normalized spacial score (nSPS) is 10.7. The number of benzene rings is 2. The Bertz CT molecular complexity index is 1260. The van der Waals surface area contributed by atoms with Crippen LogP contribution in [-0.2, 0) is 0 Å². The second-order valence-electron chi connectivity index (χ2n) is 6.96. The molecule has 4 rings (SSSR count). The lowest BCUT2D eigenvalue weighted by molar-refractivity contribution is 0.102. The van der Waals surface area contributed by atoms with E-state index in [1.165, 1.54) is 14.2 Å². The highest BCUT2D eigenvalue weighted by molar-refractivity contribution is 6.07. The number of anilines is 1. The van der Waals surface area contributed by atoms with Crippen molar-refractivity contribution >= 4 is 17.2 Å². The molecule has 0 saturated heterocycles. The monoisotopic (exact) mass is 417 g/mol. The first-order valence-corrected chi connectivity index (χ1v) is 9.70. The van der Waals surface area contributed by atoms with Gasteiger partial charge >= 0.3 is 0 Å². The summed E-state index contributed by atoms with van der Waals surface area (Å²) in [5, 5.41) is 2.93. The highest BCUT2D eigenvalue weighted by atomic mass is 16.5. The quantitative estimate of drug-likeness (QED) is 0.497. The van der Waals surface area contributed by atoms with Gasteiger partial charge in [0.15, 0.2) is 11.5 Å². The van der Waals surface area contributed by atoms with Gasteiger partial charge in [0.05, 0.1) is 38.3 Å². The molecule has 7 nitrogen and oxygen atoms in total. The zero-order valence-corrected chi connectivity index (χ0v) is 17.8. The first kappa shape index (κ1) is 20.3. The first-order chi connectivity index (χ1) is 15.0. The molecule has 0 fully saturated rings. The van der Waals surface area contributed by atoms with E-state index in [4.69, 9.17) is 19.2 Å². The molecule has 7 heteroatoms. The molecule has 31 heavy (non-hydrogen) atoms. The number of hydrogen-bond acceptors (Lipinski definition) is 5. The number of carbonyl (C=O) groups excluding carboxylic acids is 1. The maximum Gasteiger partial charge on any atom is 0.259 e. The number of nitrogens with one attached hydrogen (secondary N) is 1. The molecule has 0 unspecified atom stereocenters. The Morgan fingerprint density at radius 2 is 1.77 bits per heavy atom. The molecule has 0 aliphatic carbocycles. The highest BCUT2D eigenvalue weighted by Crippen LogP contribution is 2.34. The number of imidazole rings is 1. The number of carbonyl (C=O) groups is 1. The van der Waals surface area contributed by atoms with Crippen LogP contribution in [0, 0.1) is 6.92 Å². The molecule has 4 aromatic rings. The summed E-state index contributed by atoms with van der Waals surface area (Å²) in [6.07, 6.45) is 3.92. The summed E-state index contributed by atoms with van der Waals surface area (Å²) in [5.41, 5.74) is 4.52. The van der Waals surface area contributed by atoms with Crippen molar-refractivity contribution in [3.8, 4) is 28.5 Å². The van der Waals surface area contributed by atoms with E-state index >= 15 is 0 Å². The van der Waals surface area contributed by atoms with Crippen molar-refractivity contribution in [1.82, 2.24) is 9.38 Å². The van der Waals surface area contributed by atoms with E-state index in [1.807, 2.05) is 54.0 Å². The number of hydrogen-bond donors (Lipinski definition) is 1. The smallest absolute Gasteiger partial charge is 0.259 e. The summed E-state index contributed by atoms with van der Waals surface area (Å²) < 4.78 is 18.1. The number of aromatic nitrogens is 2. The van der Waals surface area contributed by atoms with Crippen LogP contribution in [0.4, 0.5) is 5.69 Å². The molecule has 0 radical (unpaired) electrons. The molecule has 158 valence electrons. The van der Waals surface area contributed by atoms with E-state index in [0.29, 0.717) is 28.5 Å². The Morgan fingerprint density at radius 1 is 0.968 bits per heavy atom. The number of amides is 1. The molecule has 0 aliphatic heterocycles. The van der Waals surface area contributed by atoms with Gasteiger partial charge in [-0.25, -0.2) is 4.98 Å². The lowest BCUT2D eigenvalue weighted by Gasteiger charge is -2.14. The van der Waals surface area contributed by atoms with E-state index in [9.17, 15) is 4.79 Å². The molecule has 0 bridgehead atoms. The number of fused-ring (bicyclic) bond motifs is 1. The minimum absolute atomic E-state index is 0.336. The van der Waals surface area contributed by atoms with Gasteiger partial charge in [-0.05, 0) is 48.9 Å². The van der Waals surface area contributed by atoms with E-state index in [-0.39, 0.29) is 5.91 Å². The Kier molecular flexibility index (Phi) is 5.49. The lowest BCUT2D eigenvalue weighted by atomic mass is 10.1. The molecule has 2 aromatic heterocycles. The van der Waals surface area contributed by atoms with Crippen LogP contribution in [0.25, 0.3) is 16.9 Å². The van der Waals surface area contributed by atoms with E-state index < -0.39 is 0 Å². The minimum atomic E-state index is -0.336. The zero-order chi connectivity index (χ0) is 22.0. The summed E-state index contributed by atoms with van der Waals surface area (Å²) in [7, 11) is 4.59. The largest absolute Gasteiger partial charge is 0.495 e. The predicted octanol–water partition coefficient (Wildman–Crippen LogP) is 4.59. The molecular weight excluding hydrogens is 394 g/mol. The Balaban J connectivity index is 1.72. The zero-order valence-electron chi connectivity index (χ0n) is 17.8. The van der Waals surface area contributed by atoms with Crippen LogP contribution in [0.3, 0.4) is 0 Å². The van der Waals surface area contributed by atoms with Gasteiger partial charge in [0.1, 0.15) is 11.4 Å². The molecular formula is C24H23N3O4. The summed E-state index contributed by atoms with van der Waals surface area (Å²) in [6, 6.07) is 14.7. The van der Waals surface area contributed by atoms with Gasteiger partial charge in [0.2, 0.25) is 0 Å². The number of nitrogens with zero attached hydrogens (tertiary/aromatic N) is 2. The third-order valence-corrected chi connectivity index (χ3v) is 5.07. The van der Waals surface area contributed by atoms with Gasteiger partial charge in [-0.3, -0.25) is 4.79 Å². The standard InChI is InChI=1S/C24H23N3O4/c1-15-7-6-12-27-14-19(25-23(15)27)16-10-11-20(29-2)18(13-16)26-24(28)17-8-5-9-21(30-3)22(17)31-4/h5-14H,1-4H3,(H,26,28). The van der Waals surface area contributed by atoms with Crippen LogP contribution < -0.4 is 19.5 Å². The van der Waals surface area contributed by atoms with Gasteiger partial charge in [-0.15, -0.1) is 0 Å². The topological polar surface area (TPSA) is 74.1 Å². The summed E-state index contributed by atoms with van der Waals surface area (Å²) in [5.74, 6) is 1.06. The van der Waals surface area contributed by atoms with Crippen molar-refractivity contribution in [2.24, 2.45) is 0 Å². The molecule has 2 aromatic carbocycles. The molecule has 0 spiro atoms. The number of methoxy groups -OCH3 is 3. The fourth-order valence-corrected chi connectivity index (χ4v) is 3.51. The van der Waals surface area contributed by atoms with E-state index in [2.05, 4.69) is 5.32 Å². The van der Waals surface area contributed by atoms with Crippen molar-refractivity contribution in [2.45, 2.75) is 6.92 Å². The van der Waals surface area contributed by atoms with Gasteiger partial charge in [0.25, 0.3) is 5.91 Å². The second kappa shape index (κ2) is 8.39. The molecule has 0 saturated carbocycles. The van der Waals surface area contributed by atoms with Crippen molar-refractivity contribution in [1.29, 1.82) is 0 Å². The van der Waals surface area contributed by atoms with Crippen LogP contribution in [-0.4, -0.2) is 36.6 Å². The Morgan fingerprint density at radius 3 is 2.48 bits per heavy atom. The third kappa shape index (κ3) is 3.77. The molecule has 0 aliphatic rings. The fraction of sp³-hybridized carbons (Fsp3) is 0.167. The van der Waals surface area contributed by atoms with Crippen LogP contribution in [0.2, 0.25) is 0 Å². The molecule has 0 atom stereocenters. The maximum absolute atomic E-state index is 13.0.